The van der Waals surface area contributed by atoms with Gasteiger partial charge in [-0.25, -0.2) is 0 Å². The van der Waals surface area contributed by atoms with Gasteiger partial charge < -0.3 is 20.1 Å². The van der Waals surface area contributed by atoms with Crippen LogP contribution in [-0.4, -0.2) is 38.6 Å². The van der Waals surface area contributed by atoms with E-state index in [1.165, 1.54) is 12.1 Å². The molecule has 0 aromatic heterocycles. The Bertz CT molecular complexity index is 520. The Morgan fingerprint density at radius 1 is 1.21 bits per heavy atom. The first-order chi connectivity index (χ1) is 11.3. The first kappa shape index (κ1) is 20.1. The maximum absolute atomic E-state index is 12.4. The second-order valence-electron chi connectivity index (χ2n) is 5.28. The molecule has 0 spiro atoms. The van der Waals surface area contributed by atoms with Crippen molar-refractivity contribution in [2.45, 2.75) is 39.3 Å². The van der Waals surface area contributed by atoms with Crippen LogP contribution < -0.4 is 15.4 Å². The van der Waals surface area contributed by atoms with Crippen LogP contribution in [0.5, 0.6) is 5.75 Å². The van der Waals surface area contributed by atoms with Gasteiger partial charge >= 0.3 is 6.36 Å². The highest BCUT2D eigenvalue weighted by molar-refractivity contribution is 5.79. The molecule has 0 unspecified atom stereocenters. The number of guanidine groups is 1. The minimum Gasteiger partial charge on any atom is -0.405 e. The van der Waals surface area contributed by atoms with Gasteiger partial charge in [0.25, 0.3) is 0 Å². The van der Waals surface area contributed by atoms with Crippen molar-refractivity contribution in [2.75, 3.05) is 20.2 Å². The van der Waals surface area contributed by atoms with E-state index in [0.717, 1.165) is 6.42 Å². The van der Waals surface area contributed by atoms with Crippen molar-refractivity contribution in [3.8, 4) is 5.75 Å². The molecule has 0 amide bonds. The Morgan fingerprint density at radius 3 is 2.54 bits per heavy atom. The molecule has 0 radical (unpaired) electrons. The first-order valence-corrected chi connectivity index (χ1v) is 7.71. The molecule has 0 aliphatic rings. The number of benzene rings is 1. The summed E-state index contributed by atoms with van der Waals surface area (Å²) >= 11 is 0. The molecular formula is C16H24F3N3O2. The van der Waals surface area contributed by atoms with Gasteiger partial charge in [-0.05, 0) is 26.3 Å². The van der Waals surface area contributed by atoms with Gasteiger partial charge in [0.2, 0.25) is 0 Å². The van der Waals surface area contributed by atoms with Crippen LogP contribution in [0.25, 0.3) is 0 Å². The molecule has 1 rings (SSSR count). The van der Waals surface area contributed by atoms with Crippen molar-refractivity contribution in [1.82, 2.24) is 10.6 Å². The van der Waals surface area contributed by atoms with Crippen molar-refractivity contribution in [1.29, 1.82) is 0 Å². The smallest absolute Gasteiger partial charge is 0.405 e. The zero-order valence-electron chi connectivity index (χ0n) is 14.1. The third-order valence-corrected chi connectivity index (χ3v) is 2.93. The Morgan fingerprint density at radius 2 is 1.92 bits per heavy atom. The number of rotatable bonds is 8. The highest BCUT2D eigenvalue weighted by Gasteiger charge is 2.31. The fraction of sp³-hybridized carbons (Fsp3) is 0.562. The molecule has 136 valence electrons. The molecule has 24 heavy (non-hydrogen) atoms. The van der Waals surface area contributed by atoms with Gasteiger partial charge in [-0.1, -0.05) is 18.2 Å². The fourth-order valence-electron chi connectivity index (χ4n) is 1.87. The van der Waals surface area contributed by atoms with Gasteiger partial charge in [-0.15, -0.1) is 13.2 Å². The average Bonchev–Trinajstić information content (AvgIpc) is 2.49. The first-order valence-electron chi connectivity index (χ1n) is 7.71. The molecule has 5 nitrogen and oxygen atoms in total. The van der Waals surface area contributed by atoms with Crippen LogP contribution in [0.2, 0.25) is 0 Å². The van der Waals surface area contributed by atoms with Crippen LogP contribution in [0, 0.1) is 0 Å². The van der Waals surface area contributed by atoms with Gasteiger partial charge in [0.05, 0.1) is 6.10 Å². The van der Waals surface area contributed by atoms with Crippen molar-refractivity contribution in [3.05, 3.63) is 29.8 Å². The number of hydrogen-bond donors (Lipinski definition) is 2. The Hall–Kier alpha value is -1.96. The molecule has 0 aliphatic carbocycles. The highest BCUT2D eigenvalue weighted by atomic mass is 19.4. The predicted octanol–water partition coefficient (Wildman–Crippen LogP) is 3.07. The lowest BCUT2D eigenvalue weighted by Crippen LogP contribution is -2.37. The number of para-hydroxylation sites is 1. The predicted molar refractivity (Wildman–Crippen MR) is 87.0 cm³/mol. The van der Waals surface area contributed by atoms with E-state index in [-0.39, 0.29) is 18.4 Å². The van der Waals surface area contributed by atoms with E-state index in [0.29, 0.717) is 24.7 Å². The summed E-state index contributed by atoms with van der Waals surface area (Å²) in [7, 11) is 1.60. The molecule has 0 atom stereocenters. The van der Waals surface area contributed by atoms with Crippen molar-refractivity contribution in [3.63, 3.8) is 0 Å². The maximum atomic E-state index is 12.4. The molecule has 0 bridgehead atoms. The summed E-state index contributed by atoms with van der Waals surface area (Å²) < 4.78 is 46.6. The normalized spacial score (nSPS) is 12.4. The summed E-state index contributed by atoms with van der Waals surface area (Å²) in [5.41, 5.74) is 0.390. The standard InChI is InChI=1S/C16H24F3N3O2/c1-12(2)23-10-6-9-21-15(20-3)22-11-13-7-4-5-8-14(13)24-16(17,18)19/h4-5,7-8,12H,6,9-11H2,1-3H3,(H2,20,21,22). The Kier molecular flexibility index (Phi) is 8.39. The van der Waals surface area contributed by atoms with Gasteiger partial charge in [0, 0.05) is 32.3 Å². The molecule has 0 saturated heterocycles. The lowest BCUT2D eigenvalue weighted by atomic mass is 10.2. The summed E-state index contributed by atoms with van der Waals surface area (Å²) in [6.45, 7) is 5.37. The maximum Gasteiger partial charge on any atom is 0.573 e. The summed E-state index contributed by atoms with van der Waals surface area (Å²) in [5.74, 6) is 0.277. The molecular weight excluding hydrogens is 323 g/mol. The van der Waals surface area contributed by atoms with Gasteiger partial charge in [-0.2, -0.15) is 0 Å². The zero-order chi connectivity index (χ0) is 18.0. The molecule has 1 aromatic carbocycles. The van der Waals surface area contributed by atoms with E-state index in [1.54, 1.807) is 19.2 Å². The molecule has 0 saturated carbocycles. The van der Waals surface area contributed by atoms with Crippen LogP contribution in [0.1, 0.15) is 25.8 Å². The van der Waals surface area contributed by atoms with Crippen molar-refractivity contribution >= 4 is 5.96 Å². The lowest BCUT2D eigenvalue weighted by molar-refractivity contribution is -0.274. The molecule has 2 N–H and O–H groups in total. The molecule has 0 aliphatic heterocycles. The molecule has 0 fully saturated rings. The Balaban J connectivity index is 2.46. The quantitative estimate of drug-likeness (QED) is 0.431. The highest BCUT2D eigenvalue weighted by Crippen LogP contribution is 2.25. The number of ether oxygens (including phenoxy) is 2. The van der Waals surface area contributed by atoms with Crippen LogP contribution in [0.15, 0.2) is 29.3 Å². The van der Waals surface area contributed by atoms with Crippen LogP contribution >= 0.6 is 0 Å². The van der Waals surface area contributed by atoms with E-state index >= 15 is 0 Å². The van der Waals surface area contributed by atoms with Gasteiger partial charge in [-0.3, -0.25) is 4.99 Å². The zero-order valence-corrected chi connectivity index (χ0v) is 14.1. The number of nitrogens with one attached hydrogen (secondary N) is 2. The molecule has 1 aromatic rings. The number of nitrogens with zero attached hydrogens (tertiary/aromatic N) is 1. The Labute approximate surface area is 140 Å². The molecule has 8 heteroatoms. The minimum atomic E-state index is -4.72. The summed E-state index contributed by atoms with van der Waals surface area (Å²) in [6.07, 6.45) is -3.73. The third kappa shape index (κ3) is 8.61. The number of alkyl halides is 3. The van der Waals surface area contributed by atoms with Crippen LogP contribution in [0.4, 0.5) is 13.2 Å². The summed E-state index contributed by atoms with van der Waals surface area (Å²) in [4.78, 5) is 4.03. The monoisotopic (exact) mass is 347 g/mol. The SMILES string of the molecule is CN=C(NCCCOC(C)C)NCc1ccccc1OC(F)(F)F. The average molecular weight is 347 g/mol. The van der Waals surface area contributed by atoms with Crippen LogP contribution in [-0.2, 0) is 11.3 Å². The second kappa shape index (κ2) is 10.0. The van der Waals surface area contributed by atoms with Crippen molar-refractivity contribution < 1.29 is 22.6 Å². The van der Waals surface area contributed by atoms with E-state index in [9.17, 15) is 13.2 Å². The summed E-state index contributed by atoms with van der Waals surface area (Å²) in [6, 6.07) is 5.99. The number of hydrogen-bond acceptors (Lipinski definition) is 3. The van der Waals surface area contributed by atoms with E-state index in [1.807, 2.05) is 13.8 Å². The van der Waals surface area contributed by atoms with E-state index in [2.05, 4.69) is 20.4 Å². The lowest BCUT2D eigenvalue weighted by Gasteiger charge is -2.15. The number of aliphatic imine (C=N–C) groups is 1. The van der Waals surface area contributed by atoms with E-state index < -0.39 is 6.36 Å². The van der Waals surface area contributed by atoms with Crippen molar-refractivity contribution in [2.24, 2.45) is 4.99 Å². The van der Waals surface area contributed by atoms with Gasteiger partial charge in [0.1, 0.15) is 5.75 Å². The number of halogens is 3. The molecule has 0 heterocycles. The van der Waals surface area contributed by atoms with E-state index in [4.69, 9.17) is 4.74 Å². The minimum absolute atomic E-state index is 0.161. The van der Waals surface area contributed by atoms with Crippen LogP contribution in [0.3, 0.4) is 0 Å². The summed E-state index contributed by atoms with van der Waals surface area (Å²) in [5, 5.41) is 6.04. The topological polar surface area (TPSA) is 54.9 Å². The largest absolute Gasteiger partial charge is 0.573 e. The second-order valence-corrected chi connectivity index (χ2v) is 5.28. The van der Waals surface area contributed by atoms with Gasteiger partial charge in [0.15, 0.2) is 5.96 Å². The third-order valence-electron chi connectivity index (χ3n) is 2.93. The fourth-order valence-corrected chi connectivity index (χ4v) is 1.87.